The molecule has 0 saturated heterocycles. The third kappa shape index (κ3) is 1.53. The van der Waals surface area contributed by atoms with Crippen LogP contribution in [0, 0.1) is 5.82 Å². The molecule has 2 aliphatic heterocycles. The SMILES string of the molecule is Fc1ccccc1C1=C2C=CC=[N+]2[B-](F)(F)n2cccc21. The van der Waals surface area contributed by atoms with E-state index in [-0.39, 0.29) is 0 Å². The summed E-state index contributed by atoms with van der Waals surface area (Å²) >= 11 is 0. The number of hydrogen-bond donors (Lipinski definition) is 0. The van der Waals surface area contributed by atoms with Crippen molar-refractivity contribution in [3.8, 4) is 0 Å². The fourth-order valence-corrected chi connectivity index (χ4v) is 2.96. The Hall–Kier alpha value is -2.50. The molecule has 0 aliphatic carbocycles. The molecule has 2 aliphatic rings. The molecule has 1 aromatic heterocycles. The van der Waals surface area contributed by atoms with E-state index in [9.17, 15) is 13.0 Å². The van der Waals surface area contributed by atoms with Gasteiger partial charge in [0.05, 0.1) is 5.57 Å². The average Bonchev–Trinajstić information content (AvgIpc) is 3.10. The van der Waals surface area contributed by atoms with Gasteiger partial charge in [-0.1, -0.05) is 18.2 Å². The second-order valence-corrected chi connectivity index (χ2v) is 5.04. The molecule has 104 valence electrons. The van der Waals surface area contributed by atoms with Crippen LogP contribution in [0.1, 0.15) is 11.3 Å². The van der Waals surface area contributed by atoms with Crippen LogP contribution in [0.3, 0.4) is 0 Å². The first-order valence-corrected chi connectivity index (χ1v) is 6.59. The monoisotopic (exact) mass is 286 g/mol. The maximum absolute atomic E-state index is 14.5. The highest BCUT2D eigenvalue weighted by atomic mass is 19.2. The molecule has 0 atom stereocenters. The van der Waals surface area contributed by atoms with Crippen molar-refractivity contribution in [2.45, 2.75) is 0 Å². The molecule has 0 unspecified atom stereocenters. The van der Waals surface area contributed by atoms with E-state index >= 15 is 0 Å². The van der Waals surface area contributed by atoms with E-state index in [1.54, 1.807) is 42.5 Å². The van der Waals surface area contributed by atoms with Crippen molar-refractivity contribution in [2.75, 3.05) is 0 Å². The van der Waals surface area contributed by atoms with Gasteiger partial charge in [0.25, 0.3) is 0 Å². The zero-order valence-corrected chi connectivity index (χ0v) is 10.9. The fourth-order valence-electron chi connectivity index (χ4n) is 2.96. The quantitative estimate of drug-likeness (QED) is 0.711. The summed E-state index contributed by atoms with van der Waals surface area (Å²) in [4.78, 5) is 0. The molecule has 21 heavy (non-hydrogen) atoms. The van der Waals surface area contributed by atoms with Gasteiger partial charge in [-0.25, -0.2) is 4.39 Å². The maximum Gasteiger partial charge on any atom is 0.737 e. The van der Waals surface area contributed by atoms with Crippen LogP contribution < -0.4 is 0 Å². The highest BCUT2D eigenvalue weighted by molar-refractivity contribution is 6.57. The topological polar surface area (TPSA) is 7.94 Å². The van der Waals surface area contributed by atoms with Gasteiger partial charge in [0.1, 0.15) is 12.0 Å². The standard InChI is InChI=1S/C15H10BF3N2/c17-12-6-2-1-5-11(12)15-13-7-3-9-20(13)16(18,19)21-10-4-8-14(15)21/h1-10H. The van der Waals surface area contributed by atoms with E-state index in [0.717, 1.165) is 8.96 Å². The molecule has 0 saturated carbocycles. The molecular weight excluding hydrogens is 276 g/mol. The lowest BCUT2D eigenvalue weighted by Crippen LogP contribution is -2.49. The fraction of sp³-hybridized carbons (Fsp3) is 0. The van der Waals surface area contributed by atoms with Gasteiger partial charge in [-0.15, -0.1) is 0 Å². The van der Waals surface area contributed by atoms with Crippen LogP contribution in [0.15, 0.2) is 60.4 Å². The molecule has 0 radical (unpaired) electrons. The van der Waals surface area contributed by atoms with E-state index in [1.165, 1.54) is 18.5 Å². The Morgan fingerprint density at radius 1 is 1.05 bits per heavy atom. The van der Waals surface area contributed by atoms with E-state index in [2.05, 4.69) is 0 Å². The summed E-state index contributed by atoms with van der Waals surface area (Å²) in [5.74, 6) is -0.425. The van der Waals surface area contributed by atoms with Crippen molar-refractivity contribution in [3.05, 3.63) is 77.5 Å². The molecule has 0 N–H and O–H groups in total. The molecule has 6 heteroatoms. The summed E-state index contributed by atoms with van der Waals surface area (Å²) in [6.07, 6.45) is 5.81. The highest BCUT2D eigenvalue weighted by Gasteiger charge is 2.51. The number of aromatic nitrogens is 1. The third-order valence-electron chi connectivity index (χ3n) is 3.88. The van der Waals surface area contributed by atoms with Crippen LogP contribution in [-0.4, -0.2) is 22.1 Å². The van der Waals surface area contributed by atoms with Crippen LogP contribution in [0.5, 0.6) is 0 Å². The lowest BCUT2D eigenvalue weighted by Gasteiger charge is -2.30. The number of hydrogen-bond acceptors (Lipinski definition) is 0. The zero-order chi connectivity index (χ0) is 14.6. The van der Waals surface area contributed by atoms with Crippen LogP contribution >= 0.6 is 0 Å². The first kappa shape index (κ1) is 12.3. The van der Waals surface area contributed by atoms with Crippen molar-refractivity contribution in [2.24, 2.45) is 0 Å². The number of benzene rings is 1. The zero-order valence-electron chi connectivity index (χ0n) is 10.9. The van der Waals surface area contributed by atoms with Crippen LogP contribution in [-0.2, 0) is 0 Å². The predicted molar refractivity (Wildman–Crippen MR) is 75.7 cm³/mol. The predicted octanol–water partition coefficient (Wildman–Crippen LogP) is 3.28. The third-order valence-corrected chi connectivity index (χ3v) is 3.88. The Kier molecular flexibility index (Phi) is 2.34. The Bertz CT molecular complexity index is 846. The van der Waals surface area contributed by atoms with Crippen LogP contribution in [0.2, 0.25) is 0 Å². The van der Waals surface area contributed by atoms with Gasteiger partial charge in [0.15, 0.2) is 5.70 Å². The summed E-state index contributed by atoms with van der Waals surface area (Å²) in [6, 6.07) is 9.37. The molecule has 1 aromatic carbocycles. The van der Waals surface area contributed by atoms with Crippen LogP contribution in [0.25, 0.3) is 5.57 Å². The molecule has 4 rings (SSSR count). The van der Waals surface area contributed by atoms with Crippen molar-refractivity contribution >= 4 is 18.8 Å². The Balaban J connectivity index is 2.09. The number of fused-ring (bicyclic) bond motifs is 2. The first-order valence-electron chi connectivity index (χ1n) is 6.59. The number of allylic oxidation sites excluding steroid dienone is 2. The molecule has 2 aromatic rings. The lowest BCUT2D eigenvalue weighted by atomic mass is 9.86. The molecular formula is C15H10BF3N2. The van der Waals surface area contributed by atoms with E-state index in [0.29, 0.717) is 22.5 Å². The molecule has 2 nitrogen and oxygen atoms in total. The largest absolute Gasteiger partial charge is 0.737 e. The Morgan fingerprint density at radius 2 is 1.86 bits per heavy atom. The van der Waals surface area contributed by atoms with Gasteiger partial charge in [0, 0.05) is 23.4 Å². The van der Waals surface area contributed by atoms with Crippen molar-refractivity contribution in [3.63, 3.8) is 0 Å². The van der Waals surface area contributed by atoms with Crippen LogP contribution in [0.4, 0.5) is 13.0 Å². The number of halogens is 3. The van der Waals surface area contributed by atoms with Crippen molar-refractivity contribution in [1.82, 2.24) is 4.48 Å². The minimum atomic E-state index is -3.93. The summed E-state index contributed by atoms with van der Waals surface area (Å²) < 4.78 is 45.1. The van der Waals surface area contributed by atoms with E-state index < -0.39 is 12.8 Å². The van der Waals surface area contributed by atoms with E-state index in [4.69, 9.17) is 0 Å². The summed E-state index contributed by atoms with van der Waals surface area (Å²) in [6.45, 7) is -3.93. The van der Waals surface area contributed by atoms with E-state index in [1.807, 2.05) is 0 Å². The lowest BCUT2D eigenvalue weighted by molar-refractivity contribution is -0.356. The molecule has 0 spiro atoms. The smallest absolute Gasteiger partial charge is 0.396 e. The van der Waals surface area contributed by atoms with Gasteiger partial charge in [-0.2, -0.15) is 0 Å². The number of rotatable bonds is 1. The normalized spacial score (nSPS) is 18.5. The minimum Gasteiger partial charge on any atom is -0.396 e. The summed E-state index contributed by atoms with van der Waals surface area (Å²) in [5.41, 5.74) is 1.47. The second-order valence-electron chi connectivity index (χ2n) is 5.04. The molecule has 0 fully saturated rings. The van der Waals surface area contributed by atoms with Gasteiger partial charge in [-0.3, -0.25) is 0 Å². The summed E-state index contributed by atoms with van der Waals surface area (Å²) in [7, 11) is 0. The molecule has 0 bridgehead atoms. The number of nitrogens with zero attached hydrogens (tertiary/aromatic N) is 2. The Morgan fingerprint density at radius 3 is 2.67 bits per heavy atom. The first-order chi connectivity index (χ1) is 10.1. The highest BCUT2D eigenvalue weighted by Crippen LogP contribution is 2.38. The molecule has 3 heterocycles. The van der Waals surface area contributed by atoms with Gasteiger partial charge >= 0.3 is 6.97 Å². The summed E-state index contributed by atoms with van der Waals surface area (Å²) in [5, 5.41) is 0. The van der Waals surface area contributed by atoms with Gasteiger partial charge in [-0.05, 0) is 24.4 Å². The Labute approximate surface area is 119 Å². The van der Waals surface area contributed by atoms with Gasteiger partial charge in [0.2, 0.25) is 0 Å². The van der Waals surface area contributed by atoms with Crippen molar-refractivity contribution < 1.29 is 17.5 Å². The maximum atomic E-state index is 14.5. The average molecular weight is 286 g/mol. The van der Waals surface area contributed by atoms with Crippen molar-refractivity contribution in [1.29, 1.82) is 0 Å². The minimum absolute atomic E-state index is 0.323. The molecule has 0 amide bonds. The van der Waals surface area contributed by atoms with Gasteiger partial charge < -0.3 is 17.6 Å². The second kappa shape index (κ2) is 4.01.